The van der Waals surface area contributed by atoms with E-state index in [2.05, 4.69) is 24.1 Å². The maximum atomic E-state index is 12.8. The first kappa shape index (κ1) is 19.3. The molecule has 2 aromatic rings. The Balaban J connectivity index is 1.43. The van der Waals surface area contributed by atoms with Crippen LogP contribution in [0.1, 0.15) is 58.1 Å². The SMILES string of the molecule is CC1(C)CC(=O)c2sc(NC(=O)[C@@H]3CCCN(C(=O)c4cccs4)C3)nc2C1. The van der Waals surface area contributed by atoms with Crippen LogP contribution < -0.4 is 5.32 Å². The highest BCUT2D eigenvalue weighted by molar-refractivity contribution is 7.17. The Kier molecular flexibility index (Phi) is 5.09. The smallest absolute Gasteiger partial charge is 0.263 e. The molecule has 3 heterocycles. The Labute approximate surface area is 172 Å². The molecule has 1 aliphatic heterocycles. The van der Waals surface area contributed by atoms with Gasteiger partial charge in [0.25, 0.3) is 5.91 Å². The number of thiophene rings is 1. The van der Waals surface area contributed by atoms with E-state index in [0.717, 1.165) is 25.0 Å². The summed E-state index contributed by atoms with van der Waals surface area (Å²) in [6, 6.07) is 3.67. The van der Waals surface area contributed by atoms with E-state index in [-0.39, 0.29) is 28.9 Å². The Morgan fingerprint density at radius 1 is 1.32 bits per heavy atom. The van der Waals surface area contributed by atoms with Gasteiger partial charge in [-0.05, 0) is 36.1 Å². The van der Waals surface area contributed by atoms with E-state index in [1.54, 1.807) is 4.90 Å². The molecule has 0 aromatic carbocycles. The van der Waals surface area contributed by atoms with Crippen molar-refractivity contribution in [3.63, 3.8) is 0 Å². The lowest BCUT2D eigenvalue weighted by Gasteiger charge is -2.31. The quantitative estimate of drug-likeness (QED) is 0.823. The van der Waals surface area contributed by atoms with Crippen molar-refractivity contribution in [2.24, 2.45) is 11.3 Å². The summed E-state index contributed by atoms with van der Waals surface area (Å²) in [5.41, 5.74) is 0.700. The number of aromatic nitrogens is 1. The number of carbonyl (C=O) groups excluding carboxylic acids is 3. The molecule has 0 radical (unpaired) electrons. The van der Waals surface area contributed by atoms with E-state index in [4.69, 9.17) is 0 Å². The molecule has 2 amide bonds. The van der Waals surface area contributed by atoms with Crippen LogP contribution in [0, 0.1) is 11.3 Å². The lowest BCUT2D eigenvalue weighted by atomic mass is 9.78. The Bertz CT molecular complexity index is 917. The van der Waals surface area contributed by atoms with Gasteiger partial charge in [0, 0.05) is 19.5 Å². The standard InChI is InChI=1S/C20H23N3O3S2/c1-20(2)9-13-16(14(24)10-20)28-19(21-13)22-17(25)12-5-3-7-23(11-12)18(26)15-6-4-8-27-15/h4,6,8,12H,3,5,7,9-11H2,1-2H3,(H,21,22,25)/t12-/m1/s1. The summed E-state index contributed by atoms with van der Waals surface area (Å²) in [4.78, 5) is 45.4. The number of fused-ring (bicyclic) bond motifs is 1. The molecule has 0 saturated carbocycles. The van der Waals surface area contributed by atoms with Crippen LogP contribution in [0.4, 0.5) is 5.13 Å². The Morgan fingerprint density at radius 2 is 2.14 bits per heavy atom. The third-order valence-corrected chi connectivity index (χ3v) is 7.19. The first-order valence-electron chi connectivity index (χ1n) is 9.49. The Morgan fingerprint density at radius 3 is 2.89 bits per heavy atom. The van der Waals surface area contributed by atoms with Crippen LogP contribution >= 0.6 is 22.7 Å². The third kappa shape index (κ3) is 3.89. The van der Waals surface area contributed by atoms with Crippen molar-refractivity contribution < 1.29 is 14.4 Å². The number of amides is 2. The lowest BCUT2D eigenvalue weighted by molar-refractivity contribution is -0.121. The molecule has 1 N–H and O–H groups in total. The topological polar surface area (TPSA) is 79.4 Å². The highest BCUT2D eigenvalue weighted by Crippen LogP contribution is 2.38. The molecule has 1 atom stereocenters. The van der Waals surface area contributed by atoms with Gasteiger partial charge >= 0.3 is 0 Å². The maximum Gasteiger partial charge on any atom is 0.263 e. The molecule has 28 heavy (non-hydrogen) atoms. The Hall–Kier alpha value is -2.06. The van der Waals surface area contributed by atoms with Gasteiger partial charge in [-0.15, -0.1) is 11.3 Å². The number of Topliss-reactive ketones (excluding diaryl/α,β-unsaturated/α-hetero) is 1. The molecule has 148 valence electrons. The number of nitrogens with zero attached hydrogens (tertiary/aromatic N) is 2. The van der Waals surface area contributed by atoms with Crippen molar-refractivity contribution in [3.8, 4) is 0 Å². The van der Waals surface area contributed by atoms with E-state index < -0.39 is 0 Å². The summed E-state index contributed by atoms with van der Waals surface area (Å²) in [7, 11) is 0. The minimum atomic E-state index is -0.259. The van der Waals surface area contributed by atoms with Crippen molar-refractivity contribution in [2.45, 2.75) is 39.5 Å². The van der Waals surface area contributed by atoms with E-state index >= 15 is 0 Å². The summed E-state index contributed by atoms with van der Waals surface area (Å²) >= 11 is 2.69. The van der Waals surface area contributed by atoms with Gasteiger partial charge in [-0.1, -0.05) is 31.3 Å². The molecular formula is C20H23N3O3S2. The predicted molar refractivity (Wildman–Crippen MR) is 110 cm³/mol. The van der Waals surface area contributed by atoms with Crippen molar-refractivity contribution in [1.82, 2.24) is 9.88 Å². The van der Waals surface area contributed by atoms with Crippen molar-refractivity contribution in [1.29, 1.82) is 0 Å². The molecule has 2 aromatic heterocycles. The fraction of sp³-hybridized carbons (Fsp3) is 0.500. The maximum absolute atomic E-state index is 12.8. The number of nitrogens with one attached hydrogen (secondary N) is 1. The zero-order valence-corrected chi connectivity index (χ0v) is 17.6. The average Bonchev–Trinajstić information content (AvgIpc) is 3.30. The number of hydrogen-bond donors (Lipinski definition) is 1. The fourth-order valence-electron chi connectivity index (χ4n) is 3.91. The van der Waals surface area contributed by atoms with Gasteiger partial charge in [-0.3, -0.25) is 14.4 Å². The molecule has 0 spiro atoms. The molecule has 1 fully saturated rings. The van der Waals surface area contributed by atoms with Crippen LogP contribution in [0.2, 0.25) is 0 Å². The minimum Gasteiger partial charge on any atom is -0.337 e. The van der Waals surface area contributed by atoms with Gasteiger partial charge in [-0.25, -0.2) is 4.98 Å². The zero-order chi connectivity index (χ0) is 19.9. The van der Waals surface area contributed by atoms with E-state index in [0.29, 0.717) is 34.4 Å². The number of hydrogen-bond acceptors (Lipinski definition) is 6. The summed E-state index contributed by atoms with van der Waals surface area (Å²) < 4.78 is 0. The van der Waals surface area contributed by atoms with Crippen molar-refractivity contribution >= 4 is 45.4 Å². The highest BCUT2D eigenvalue weighted by Gasteiger charge is 2.35. The molecule has 0 bridgehead atoms. The molecule has 6 nitrogen and oxygen atoms in total. The summed E-state index contributed by atoms with van der Waals surface area (Å²) in [6.45, 7) is 5.22. The van der Waals surface area contributed by atoms with Crippen LogP contribution in [0.5, 0.6) is 0 Å². The second-order valence-corrected chi connectivity index (χ2v) is 10.2. The molecule has 1 saturated heterocycles. The van der Waals surface area contributed by atoms with Crippen LogP contribution in [0.15, 0.2) is 17.5 Å². The van der Waals surface area contributed by atoms with Gasteiger partial charge in [0.2, 0.25) is 5.91 Å². The van der Waals surface area contributed by atoms with E-state index in [1.807, 2.05) is 17.5 Å². The monoisotopic (exact) mass is 417 g/mol. The number of carbonyl (C=O) groups is 3. The second kappa shape index (κ2) is 7.40. The number of ketones is 1. The minimum absolute atomic E-state index is 0.00922. The van der Waals surface area contributed by atoms with Crippen LogP contribution in [-0.2, 0) is 11.2 Å². The number of anilines is 1. The van der Waals surface area contributed by atoms with Gasteiger partial charge in [0.15, 0.2) is 10.9 Å². The van der Waals surface area contributed by atoms with Gasteiger partial charge < -0.3 is 10.2 Å². The molecule has 2 aliphatic rings. The van der Waals surface area contributed by atoms with Crippen molar-refractivity contribution in [3.05, 3.63) is 33.0 Å². The second-order valence-electron chi connectivity index (χ2n) is 8.29. The molecule has 1 aliphatic carbocycles. The lowest BCUT2D eigenvalue weighted by Crippen LogP contribution is -2.43. The predicted octanol–water partition coefficient (Wildman–Crippen LogP) is 3.85. The summed E-state index contributed by atoms with van der Waals surface area (Å²) in [5.74, 6) is -0.285. The average molecular weight is 418 g/mol. The molecule has 0 unspecified atom stereocenters. The molecule has 4 rings (SSSR count). The molecular weight excluding hydrogens is 394 g/mol. The normalized spacial score (nSPS) is 21.3. The fourth-order valence-corrected chi connectivity index (χ4v) is 5.53. The van der Waals surface area contributed by atoms with Gasteiger partial charge in [0.05, 0.1) is 21.4 Å². The van der Waals surface area contributed by atoms with Crippen LogP contribution in [-0.4, -0.2) is 40.6 Å². The summed E-state index contributed by atoms with van der Waals surface area (Å²) in [6.07, 6.45) is 2.80. The highest BCUT2D eigenvalue weighted by atomic mass is 32.1. The number of rotatable bonds is 3. The number of likely N-dealkylation sites (tertiary alicyclic amines) is 1. The van der Waals surface area contributed by atoms with Crippen LogP contribution in [0.3, 0.4) is 0 Å². The van der Waals surface area contributed by atoms with Crippen LogP contribution in [0.25, 0.3) is 0 Å². The summed E-state index contributed by atoms with van der Waals surface area (Å²) in [5, 5.41) is 5.26. The number of thiazole rings is 1. The van der Waals surface area contributed by atoms with Crippen molar-refractivity contribution in [2.75, 3.05) is 18.4 Å². The largest absolute Gasteiger partial charge is 0.337 e. The molecule has 8 heteroatoms. The van der Waals surface area contributed by atoms with E-state index in [9.17, 15) is 14.4 Å². The van der Waals surface area contributed by atoms with E-state index in [1.165, 1.54) is 22.7 Å². The van der Waals surface area contributed by atoms with Gasteiger partial charge in [-0.2, -0.15) is 0 Å². The third-order valence-electron chi connectivity index (χ3n) is 5.28. The first-order valence-corrected chi connectivity index (χ1v) is 11.2. The van der Waals surface area contributed by atoms with Gasteiger partial charge in [0.1, 0.15) is 0 Å². The first-order chi connectivity index (χ1) is 13.3. The zero-order valence-electron chi connectivity index (χ0n) is 16.0. The number of piperidine rings is 1.